The maximum atomic E-state index is 13.8. The van der Waals surface area contributed by atoms with Crippen molar-refractivity contribution in [3.63, 3.8) is 0 Å². The molecule has 0 unspecified atom stereocenters. The minimum atomic E-state index is -2.86. The van der Waals surface area contributed by atoms with Crippen molar-refractivity contribution in [2.45, 2.75) is 47.3 Å². The van der Waals surface area contributed by atoms with Crippen molar-refractivity contribution < 1.29 is 27.5 Å². The van der Waals surface area contributed by atoms with Crippen LogP contribution < -0.4 is 15.8 Å². The largest absolute Gasteiger partial charge is 0.485 e. The second-order valence-corrected chi connectivity index (χ2v) is 10.5. The summed E-state index contributed by atoms with van der Waals surface area (Å²) in [6.45, 7) is 8.18. The monoisotopic (exact) mass is 579 g/mol. The van der Waals surface area contributed by atoms with Crippen LogP contribution in [-0.2, 0) is 13.2 Å². The molecular formula is C29H27F2N5O4S. The van der Waals surface area contributed by atoms with E-state index in [-0.39, 0.29) is 27.8 Å². The number of rotatable bonds is 9. The summed E-state index contributed by atoms with van der Waals surface area (Å²) in [4.78, 5) is 29.9. The Morgan fingerprint density at radius 2 is 1.88 bits per heavy atom. The number of pyridine rings is 1. The number of anilines is 1. The molecule has 0 bridgehead atoms. The summed E-state index contributed by atoms with van der Waals surface area (Å²) in [6.07, 6.45) is -1.13. The van der Waals surface area contributed by atoms with Gasteiger partial charge < -0.3 is 20.2 Å². The van der Waals surface area contributed by atoms with Gasteiger partial charge in [-0.25, -0.2) is 13.8 Å². The maximum Gasteiger partial charge on any atom is 0.291 e. The average Bonchev–Trinajstić information content (AvgIpc) is 3.65. The van der Waals surface area contributed by atoms with Gasteiger partial charge >= 0.3 is 0 Å². The van der Waals surface area contributed by atoms with E-state index in [1.807, 2.05) is 39.0 Å². The Hall–Kier alpha value is -4.58. The van der Waals surface area contributed by atoms with Gasteiger partial charge in [-0.1, -0.05) is 18.2 Å². The number of benzene rings is 1. The smallest absolute Gasteiger partial charge is 0.291 e. The van der Waals surface area contributed by atoms with Crippen molar-refractivity contribution in [2.24, 2.45) is 5.73 Å². The third-order valence-electron chi connectivity index (χ3n) is 6.58. The summed E-state index contributed by atoms with van der Waals surface area (Å²) in [6, 6.07) is 10.2. The predicted molar refractivity (Wildman–Crippen MR) is 152 cm³/mol. The molecule has 1 aromatic carbocycles. The lowest BCUT2D eigenvalue weighted by molar-refractivity contribution is 0.0992. The molecule has 0 atom stereocenters. The van der Waals surface area contributed by atoms with Crippen LogP contribution in [0.5, 0.6) is 5.75 Å². The van der Waals surface area contributed by atoms with E-state index in [0.29, 0.717) is 34.5 Å². The number of nitrogens with one attached hydrogen (secondary N) is 1. The number of halogens is 2. The summed E-state index contributed by atoms with van der Waals surface area (Å²) < 4.78 is 40.9. The standard InChI is InChI=1S/C29H27F2N5O4S/c1-5-36-12-19(16(4)35-36)18-11-20(26(30)31)33-29-22(18)23(25(41-29)27(32)37)34-28(38)21-10-9-17(40-21)13-39-24-14(2)7-6-8-15(24)3/h6-12,26H,5,13H2,1-4H3,(H2,32,37)(H,34,38). The second kappa shape index (κ2) is 11.1. The highest BCUT2D eigenvalue weighted by molar-refractivity contribution is 7.21. The summed E-state index contributed by atoms with van der Waals surface area (Å²) in [7, 11) is 0. The highest BCUT2D eigenvalue weighted by Gasteiger charge is 2.27. The molecule has 0 saturated carbocycles. The first-order valence-electron chi connectivity index (χ1n) is 12.8. The fourth-order valence-electron chi connectivity index (χ4n) is 4.60. The van der Waals surface area contributed by atoms with Crippen LogP contribution in [0.1, 0.15) is 61.9 Å². The van der Waals surface area contributed by atoms with Crippen molar-refractivity contribution >= 4 is 39.1 Å². The molecule has 3 N–H and O–H groups in total. The van der Waals surface area contributed by atoms with E-state index >= 15 is 0 Å². The van der Waals surface area contributed by atoms with E-state index in [1.54, 1.807) is 23.9 Å². The van der Waals surface area contributed by atoms with Gasteiger partial charge in [-0.15, -0.1) is 11.3 Å². The summed E-state index contributed by atoms with van der Waals surface area (Å²) >= 11 is 0.830. The fraction of sp³-hybridized carbons (Fsp3) is 0.241. The lowest BCUT2D eigenvalue weighted by Gasteiger charge is -2.11. The third-order valence-corrected chi connectivity index (χ3v) is 7.68. The number of nitrogens with zero attached hydrogens (tertiary/aromatic N) is 3. The predicted octanol–water partition coefficient (Wildman–Crippen LogP) is 6.57. The maximum absolute atomic E-state index is 13.8. The Bertz CT molecular complexity index is 1770. The molecule has 0 spiro atoms. The molecule has 4 aromatic heterocycles. The highest BCUT2D eigenvalue weighted by Crippen LogP contribution is 2.43. The molecule has 0 fully saturated rings. The number of para-hydroxylation sites is 1. The lowest BCUT2D eigenvalue weighted by Crippen LogP contribution is -2.16. The highest BCUT2D eigenvalue weighted by atomic mass is 32.1. The van der Waals surface area contributed by atoms with Gasteiger partial charge in [-0.3, -0.25) is 14.3 Å². The molecule has 212 valence electrons. The molecule has 4 heterocycles. The average molecular weight is 580 g/mol. The molecule has 0 aliphatic carbocycles. The Morgan fingerprint density at radius 3 is 2.51 bits per heavy atom. The molecule has 0 aliphatic rings. The molecule has 0 saturated heterocycles. The molecule has 5 rings (SSSR count). The molecule has 2 amide bonds. The third kappa shape index (κ3) is 5.42. The van der Waals surface area contributed by atoms with Gasteiger partial charge in [0.1, 0.15) is 33.5 Å². The van der Waals surface area contributed by atoms with Crippen LogP contribution in [0.25, 0.3) is 21.3 Å². The number of carbonyl (C=O) groups excluding carboxylic acids is 2. The molecule has 9 nitrogen and oxygen atoms in total. The molecule has 0 aliphatic heterocycles. The zero-order valence-electron chi connectivity index (χ0n) is 22.7. The van der Waals surface area contributed by atoms with Crippen LogP contribution in [0.15, 0.2) is 47.0 Å². The van der Waals surface area contributed by atoms with E-state index < -0.39 is 23.9 Å². The minimum Gasteiger partial charge on any atom is -0.485 e. The van der Waals surface area contributed by atoms with Crippen molar-refractivity contribution in [3.8, 4) is 16.9 Å². The minimum absolute atomic E-state index is 0.0285. The van der Waals surface area contributed by atoms with Gasteiger partial charge in [0.25, 0.3) is 18.2 Å². The Morgan fingerprint density at radius 1 is 1.15 bits per heavy atom. The quantitative estimate of drug-likeness (QED) is 0.204. The Balaban J connectivity index is 1.52. The molecule has 5 aromatic rings. The number of furan rings is 1. The molecule has 12 heteroatoms. The normalized spacial score (nSPS) is 11.4. The van der Waals surface area contributed by atoms with E-state index in [9.17, 15) is 18.4 Å². The van der Waals surface area contributed by atoms with Crippen molar-refractivity contribution in [1.29, 1.82) is 0 Å². The van der Waals surface area contributed by atoms with Crippen LogP contribution >= 0.6 is 11.3 Å². The topological polar surface area (TPSA) is 125 Å². The number of hydrogen-bond acceptors (Lipinski definition) is 7. The number of hydrogen-bond donors (Lipinski definition) is 2. The van der Waals surface area contributed by atoms with E-state index in [1.165, 1.54) is 12.1 Å². The van der Waals surface area contributed by atoms with Gasteiger partial charge in [0.2, 0.25) is 0 Å². The number of aryl methyl sites for hydroxylation is 4. The summed E-state index contributed by atoms with van der Waals surface area (Å²) in [5, 5.41) is 7.45. The van der Waals surface area contributed by atoms with Crippen LogP contribution in [0.3, 0.4) is 0 Å². The number of ether oxygens (including phenoxy) is 1. The van der Waals surface area contributed by atoms with Gasteiger partial charge in [0, 0.05) is 23.7 Å². The number of primary amides is 1. The van der Waals surface area contributed by atoms with Crippen LogP contribution in [-0.4, -0.2) is 26.6 Å². The Labute approximate surface area is 237 Å². The van der Waals surface area contributed by atoms with Crippen LogP contribution in [0.2, 0.25) is 0 Å². The van der Waals surface area contributed by atoms with Gasteiger partial charge in [0.05, 0.1) is 11.4 Å². The number of thiophene rings is 1. The van der Waals surface area contributed by atoms with E-state index in [4.69, 9.17) is 14.9 Å². The zero-order chi connectivity index (χ0) is 29.4. The number of fused-ring (bicyclic) bond motifs is 1. The molecular weight excluding hydrogens is 552 g/mol. The van der Waals surface area contributed by atoms with Crippen LogP contribution in [0, 0.1) is 20.8 Å². The van der Waals surface area contributed by atoms with Crippen molar-refractivity contribution in [1.82, 2.24) is 14.8 Å². The van der Waals surface area contributed by atoms with Crippen molar-refractivity contribution in [2.75, 3.05) is 5.32 Å². The van der Waals surface area contributed by atoms with Crippen LogP contribution in [0.4, 0.5) is 14.5 Å². The number of amides is 2. The number of aromatic nitrogens is 3. The first kappa shape index (κ1) is 28.0. The van der Waals surface area contributed by atoms with E-state index in [2.05, 4.69) is 15.4 Å². The lowest BCUT2D eigenvalue weighted by atomic mass is 10.0. The first-order valence-corrected chi connectivity index (χ1v) is 13.6. The number of nitrogens with two attached hydrogens (primary N) is 1. The fourth-order valence-corrected chi connectivity index (χ4v) is 5.62. The van der Waals surface area contributed by atoms with Gasteiger partial charge in [-0.2, -0.15) is 5.10 Å². The Kier molecular flexibility index (Phi) is 7.59. The van der Waals surface area contributed by atoms with E-state index in [0.717, 1.165) is 28.2 Å². The van der Waals surface area contributed by atoms with Gasteiger partial charge in [-0.05, 0) is 62.6 Å². The number of carbonyl (C=O) groups is 2. The SMILES string of the molecule is CCn1cc(-c2cc(C(F)F)nc3sc(C(N)=O)c(NC(=O)c4ccc(COc5c(C)cccc5C)o4)c23)c(C)n1. The summed E-state index contributed by atoms with van der Waals surface area (Å²) in [5.41, 5.74) is 8.69. The first-order chi connectivity index (χ1) is 19.6. The molecule has 41 heavy (non-hydrogen) atoms. The molecule has 0 radical (unpaired) electrons. The second-order valence-electron chi connectivity index (χ2n) is 9.46. The summed E-state index contributed by atoms with van der Waals surface area (Å²) in [5.74, 6) is -0.384. The zero-order valence-corrected chi connectivity index (χ0v) is 23.6. The van der Waals surface area contributed by atoms with Gasteiger partial charge in [0.15, 0.2) is 5.76 Å². The van der Waals surface area contributed by atoms with Crippen molar-refractivity contribution in [3.05, 3.63) is 81.5 Å². The number of alkyl halides is 2.